The molecule has 0 spiro atoms. The fourth-order valence-corrected chi connectivity index (χ4v) is 5.84. The molecular weight excluding hydrogens is 682 g/mol. The molecule has 0 radical (unpaired) electrons. The molecule has 1 saturated carbocycles. The lowest BCUT2D eigenvalue weighted by atomic mass is 9.95. The van der Waals surface area contributed by atoms with E-state index in [1.165, 1.54) is 36.4 Å². The van der Waals surface area contributed by atoms with E-state index in [0.29, 0.717) is 11.1 Å². The number of rotatable bonds is 13. The zero-order valence-corrected chi connectivity index (χ0v) is 26.9. The zero-order chi connectivity index (χ0) is 36.5. The van der Waals surface area contributed by atoms with Gasteiger partial charge in [-0.2, -0.15) is 18.4 Å². The lowest BCUT2D eigenvalue weighted by molar-refractivity contribution is -0.299. The van der Waals surface area contributed by atoms with E-state index in [-0.39, 0.29) is 23.3 Å². The Balaban J connectivity index is 1.56. The van der Waals surface area contributed by atoms with Crippen LogP contribution in [0, 0.1) is 11.3 Å². The number of ether oxygens (including phenoxy) is 2. The normalized spacial score (nSPS) is 26.1. The molecule has 1 heterocycles. The molecule has 1 saturated heterocycles. The summed E-state index contributed by atoms with van der Waals surface area (Å²) >= 11 is 0. The molecule has 1 aliphatic heterocycles. The topological polar surface area (TPSA) is 216 Å². The van der Waals surface area contributed by atoms with Crippen molar-refractivity contribution in [1.29, 1.82) is 5.26 Å². The van der Waals surface area contributed by atoms with E-state index >= 15 is 4.39 Å². The van der Waals surface area contributed by atoms with Crippen LogP contribution in [-0.4, -0.2) is 108 Å². The molecule has 2 fully saturated rings. The zero-order valence-electron chi connectivity index (χ0n) is 26.1. The predicted molar refractivity (Wildman–Crippen MR) is 161 cm³/mol. The molecule has 6 N–H and O–H groups in total. The van der Waals surface area contributed by atoms with E-state index in [2.05, 4.69) is 10.6 Å². The monoisotopic (exact) mass is 717 g/mol. The fourth-order valence-electron chi connectivity index (χ4n) is 5.21. The summed E-state index contributed by atoms with van der Waals surface area (Å²) in [5.41, 5.74) is -3.38. The summed E-state index contributed by atoms with van der Waals surface area (Å²) in [6.45, 7) is -0.198. The van der Waals surface area contributed by atoms with Gasteiger partial charge in [-0.15, -0.1) is 0 Å². The van der Waals surface area contributed by atoms with Crippen LogP contribution in [0.5, 0.6) is 0 Å². The number of nitriles is 1. The molecule has 18 heteroatoms. The third-order valence-corrected chi connectivity index (χ3v) is 9.32. The van der Waals surface area contributed by atoms with E-state index in [1.54, 1.807) is 0 Å². The van der Waals surface area contributed by atoms with Gasteiger partial charge in [0.2, 0.25) is 5.91 Å². The number of aliphatic hydroxyl groups is 3. The first-order valence-electron chi connectivity index (χ1n) is 14.9. The molecular formula is C31H35F4N3O10S. The number of nitrogens with one attached hydrogen (secondary N) is 2. The summed E-state index contributed by atoms with van der Waals surface area (Å²) in [4.78, 5) is 24.7. The van der Waals surface area contributed by atoms with Crippen molar-refractivity contribution in [3.63, 3.8) is 0 Å². The molecule has 1 unspecified atom stereocenters. The van der Waals surface area contributed by atoms with Crippen molar-refractivity contribution >= 4 is 21.7 Å². The number of nitrogens with zero attached hydrogens (tertiary/aromatic N) is 1. The molecule has 13 nitrogen and oxygen atoms in total. The maximum absolute atomic E-state index is 15.9. The molecule has 49 heavy (non-hydrogen) atoms. The van der Waals surface area contributed by atoms with E-state index in [9.17, 15) is 56.9 Å². The number of benzene rings is 2. The molecule has 2 aromatic carbocycles. The lowest BCUT2D eigenvalue weighted by Crippen LogP contribution is -2.60. The highest BCUT2D eigenvalue weighted by molar-refractivity contribution is 7.90. The molecule has 4 rings (SSSR count). The van der Waals surface area contributed by atoms with Gasteiger partial charge in [0.15, 0.2) is 22.2 Å². The highest BCUT2D eigenvalue weighted by Gasteiger charge is 2.50. The molecule has 0 bridgehead atoms. The van der Waals surface area contributed by atoms with Crippen molar-refractivity contribution in [2.45, 2.75) is 91.3 Å². The van der Waals surface area contributed by atoms with Crippen molar-refractivity contribution in [3.05, 3.63) is 54.1 Å². The van der Waals surface area contributed by atoms with Crippen LogP contribution in [0.4, 0.5) is 17.6 Å². The van der Waals surface area contributed by atoms with Crippen LogP contribution in [-0.2, 0) is 28.9 Å². The van der Waals surface area contributed by atoms with Crippen LogP contribution < -0.4 is 10.6 Å². The van der Waals surface area contributed by atoms with Gasteiger partial charge >= 0.3 is 12.1 Å². The summed E-state index contributed by atoms with van der Waals surface area (Å²) in [5, 5.41) is 53.2. The minimum atomic E-state index is -5.02. The van der Waals surface area contributed by atoms with Crippen LogP contribution in [0.15, 0.2) is 53.4 Å². The summed E-state index contributed by atoms with van der Waals surface area (Å²) in [5.74, 6) is -2.84. The Morgan fingerprint density at radius 1 is 1.02 bits per heavy atom. The molecule has 1 amide bonds. The number of hydrogen-bond donors (Lipinski definition) is 6. The number of sulfone groups is 1. The van der Waals surface area contributed by atoms with Crippen molar-refractivity contribution in [1.82, 2.24) is 10.6 Å². The lowest BCUT2D eigenvalue weighted by Gasteiger charge is -2.39. The van der Waals surface area contributed by atoms with Gasteiger partial charge in [-0.1, -0.05) is 36.4 Å². The van der Waals surface area contributed by atoms with Crippen LogP contribution in [0.25, 0.3) is 11.1 Å². The number of carboxylic acid groups (broad SMARTS) is 1. The van der Waals surface area contributed by atoms with Gasteiger partial charge in [0.1, 0.15) is 35.6 Å². The standard InChI is InChI=1S/C31H35F4N3O10S/c1-29(32,15-47-28-23(41)21(39)22(40)24(48-28)27(43)44)13-20(26(42)38-30(14-36)11-12-30)37-25(31(33,34)35)18-5-3-16(4-6-18)17-7-9-19(10-8-17)49(2,45)46/h3-10,20-25,28,37,39-41H,11-13,15H2,1-2H3,(H,38,42)(H,43,44)/t20-,21-,22-,23+,24-,25-,28+,29?/m0/s1. The van der Waals surface area contributed by atoms with Gasteiger partial charge in [0.25, 0.3) is 0 Å². The SMILES string of the molecule is CC(F)(CO[C@@H]1O[C@H](C(=O)O)[C@@H](O)[C@H](O)[C@H]1O)C[C@H](N[C@@H](c1ccc(-c2ccc(S(C)(=O)=O)cc2)cc1)C(F)(F)F)C(=O)NC1(C#N)CC1. The van der Waals surface area contributed by atoms with Crippen molar-refractivity contribution in [2.24, 2.45) is 0 Å². The second kappa shape index (κ2) is 14.3. The average molecular weight is 718 g/mol. The summed E-state index contributed by atoms with van der Waals surface area (Å²) < 4.78 is 93.1. The second-order valence-corrected chi connectivity index (χ2v) is 14.5. The van der Waals surface area contributed by atoms with Crippen LogP contribution in [0.3, 0.4) is 0 Å². The van der Waals surface area contributed by atoms with E-state index in [0.717, 1.165) is 25.3 Å². The first-order valence-corrected chi connectivity index (χ1v) is 16.7. The summed E-state index contributed by atoms with van der Waals surface area (Å²) in [7, 11) is -3.48. The predicted octanol–water partition coefficient (Wildman–Crippen LogP) is 1.52. The fraction of sp³-hybridized carbons (Fsp3) is 0.516. The van der Waals surface area contributed by atoms with Gasteiger partial charge in [0.05, 0.1) is 23.6 Å². The van der Waals surface area contributed by atoms with Crippen molar-refractivity contribution in [2.75, 3.05) is 12.9 Å². The number of alkyl halides is 4. The Morgan fingerprint density at radius 3 is 2.04 bits per heavy atom. The Morgan fingerprint density at radius 2 is 1.57 bits per heavy atom. The van der Waals surface area contributed by atoms with Gasteiger partial charge in [0, 0.05) is 12.7 Å². The number of aliphatic carboxylic acids is 1. The third kappa shape index (κ3) is 9.30. The molecule has 1 aliphatic carbocycles. The Kier molecular flexibility index (Phi) is 11.1. The second-order valence-electron chi connectivity index (χ2n) is 12.5. The Labute approximate surface area is 278 Å². The first-order chi connectivity index (χ1) is 22.7. The number of halogens is 4. The third-order valence-electron chi connectivity index (χ3n) is 8.19. The number of hydrogen-bond acceptors (Lipinski definition) is 11. The van der Waals surface area contributed by atoms with E-state index < -0.39 is 94.9 Å². The molecule has 2 aromatic rings. The summed E-state index contributed by atoms with van der Waals surface area (Å²) in [6.07, 6.45) is -14.7. The van der Waals surface area contributed by atoms with Crippen molar-refractivity contribution in [3.8, 4) is 17.2 Å². The number of amides is 1. The van der Waals surface area contributed by atoms with E-state index in [1.807, 2.05) is 6.07 Å². The minimum absolute atomic E-state index is 0.0523. The smallest absolute Gasteiger partial charge is 0.407 e. The number of carbonyl (C=O) groups excluding carboxylic acids is 1. The van der Waals surface area contributed by atoms with Gasteiger partial charge in [-0.05, 0) is 48.6 Å². The van der Waals surface area contributed by atoms with Crippen molar-refractivity contribution < 1.29 is 65.5 Å². The number of carboxylic acids is 1. The van der Waals surface area contributed by atoms with Crippen LogP contribution in [0.1, 0.15) is 37.8 Å². The molecule has 0 aromatic heterocycles. The summed E-state index contributed by atoms with van der Waals surface area (Å²) in [6, 6.07) is 8.09. The average Bonchev–Trinajstić information content (AvgIpc) is 3.80. The molecule has 268 valence electrons. The number of aliphatic hydroxyl groups excluding tert-OH is 3. The quantitative estimate of drug-likeness (QED) is 0.163. The molecule has 2 aliphatic rings. The maximum atomic E-state index is 15.9. The van der Waals surface area contributed by atoms with Gasteiger partial charge in [-0.3, -0.25) is 10.1 Å². The highest BCUT2D eigenvalue weighted by atomic mass is 32.2. The van der Waals surface area contributed by atoms with Gasteiger partial charge < -0.3 is 35.2 Å². The largest absolute Gasteiger partial charge is 0.479 e. The maximum Gasteiger partial charge on any atom is 0.407 e. The van der Waals surface area contributed by atoms with E-state index in [4.69, 9.17) is 9.47 Å². The number of carbonyl (C=O) groups is 2. The van der Waals surface area contributed by atoms with Crippen LogP contribution >= 0.6 is 0 Å². The first kappa shape index (κ1) is 38.1. The molecule has 8 atom stereocenters. The van der Waals surface area contributed by atoms with Crippen LogP contribution in [0.2, 0.25) is 0 Å². The van der Waals surface area contributed by atoms with Gasteiger partial charge in [-0.25, -0.2) is 17.6 Å². The minimum Gasteiger partial charge on any atom is -0.479 e. The Hall–Kier alpha value is -3.70. The highest BCUT2D eigenvalue weighted by Crippen LogP contribution is 2.37. The Bertz CT molecular complexity index is 1660.